The zero-order chi connectivity index (χ0) is 11.5. The smallest absolute Gasteiger partial charge is 0.250 e. The lowest BCUT2D eigenvalue weighted by molar-refractivity contribution is 0.578. The second-order valence-corrected chi connectivity index (χ2v) is 4.40. The molecule has 0 aliphatic heterocycles. The van der Waals surface area contributed by atoms with E-state index in [1.165, 1.54) is 4.68 Å². The summed E-state index contributed by atoms with van der Waals surface area (Å²) in [6.45, 7) is 2.67. The van der Waals surface area contributed by atoms with Gasteiger partial charge in [-0.25, -0.2) is 14.0 Å². The summed E-state index contributed by atoms with van der Waals surface area (Å²) in [6.07, 6.45) is 2.46. The molecule has 0 saturated carbocycles. The maximum Gasteiger partial charge on any atom is 0.350 e. The summed E-state index contributed by atoms with van der Waals surface area (Å²) < 4.78 is 4.01. The van der Waals surface area contributed by atoms with E-state index in [-0.39, 0.29) is 5.69 Å². The van der Waals surface area contributed by atoms with Crippen LogP contribution in [0.5, 0.6) is 0 Å². The van der Waals surface area contributed by atoms with E-state index in [2.05, 4.69) is 21.0 Å². The van der Waals surface area contributed by atoms with E-state index in [1.807, 2.05) is 31.2 Å². The van der Waals surface area contributed by atoms with E-state index < -0.39 is 0 Å². The van der Waals surface area contributed by atoms with Crippen molar-refractivity contribution in [3.63, 3.8) is 0 Å². The summed E-state index contributed by atoms with van der Waals surface area (Å²) in [5.41, 5.74) is 0.736. The number of rotatable bonds is 3. The predicted octanol–water partition coefficient (Wildman–Crippen LogP) is 2.21. The molecule has 0 fully saturated rings. The number of nitrogens with zero attached hydrogens (tertiary/aromatic N) is 3. The highest BCUT2D eigenvalue weighted by Gasteiger charge is 2.05. The Bertz CT molecular complexity index is 527. The molecule has 1 aromatic heterocycles. The summed E-state index contributed by atoms with van der Waals surface area (Å²) in [4.78, 5) is 11.9. The van der Waals surface area contributed by atoms with Crippen LogP contribution in [0, 0.1) is 0 Å². The van der Waals surface area contributed by atoms with Crippen LogP contribution in [-0.2, 0) is 6.54 Å². The Balaban J connectivity index is 2.41. The van der Waals surface area contributed by atoms with Crippen molar-refractivity contribution in [1.82, 2.24) is 14.3 Å². The minimum absolute atomic E-state index is 0.0934. The Morgan fingerprint density at radius 3 is 2.62 bits per heavy atom. The largest absolute Gasteiger partial charge is 0.350 e. The first-order valence-electron chi connectivity index (χ1n) is 5.13. The fraction of sp³-hybridized carbons (Fsp3) is 0.273. The fourth-order valence-electron chi connectivity index (χ4n) is 1.48. The lowest BCUT2D eigenvalue weighted by Crippen LogP contribution is -2.23. The van der Waals surface area contributed by atoms with Gasteiger partial charge in [-0.05, 0) is 30.7 Å². The van der Waals surface area contributed by atoms with E-state index in [4.69, 9.17) is 0 Å². The van der Waals surface area contributed by atoms with Crippen LogP contribution in [-0.4, -0.2) is 14.3 Å². The van der Waals surface area contributed by atoms with Gasteiger partial charge in [0, 0.05) is 11.0 Å². The Kier molecular flexibility index (Phi) is 3.24. The highest BCUT2D eigenvalue weighted by Crippen LogP contribution is 2.12. The minimum atomic E-state index is -0.0934. The summed E-state index contributed by atoms with van der Waals surface area (Å²) in [5, 5.41) is 4.06. The second kappa shape index (κ2) is 4.65. The van der Waals surface area contributed by atoms with Crippen LogP contribution in [0.4, 0.5) is 0 Å². The van der Waals surface area contributed by atoms with Crippen LogP contribution in [0.2, 0.25) is 0 Å². The molecule has 0 aliphatic carbocycles. The van der Waals surface area contributed by atoms with Gasteiger partial charge in [-0.3, -0.25) is 0 Å². The van der Waals surface area contributed by atoms with Crippen molar-refractivity contribution < 1.29 is 0 Å². The molecule has 1 heterocycles. The number of benzene rings is 1. The van der Waals surface area contributed by atoms with E-state index >= 15 is 0 Å². The van der Waals surface area contributed by atoms with Crippen LogP contribution in [0.25, 0.3) is 5.69 Å². The Hall–Kier alpha value is -1.36. The SMILES string of the molecule is CCCn1ncn(-c2ccc(Br)cc2)c1=O. The number of aryl methyl sites for hydroxylation is 1. The quantitative estimate of drug-likeness (QED) is 0.865. The van der Waals surface area contributed by atoms with Crippen molar-refractivity contribution in [3.05, 3.63) is 45.5 Å². The lowest BCUT2D eigenvalue weighted by Gasteiger charge is -1.99. The molecule has 0 radical (unpaired) electrons. The van der Waals surface area contributed by atoms with Gasteiger partial charge in [0.05, 0.1) is 5.69 Å². The fourth-order valence-corrected chi connectivity index (χ4v) is 1.75. The molecule has 2 rings (SSSR count). The molecule has 0 amide bonds. The zero-order valence-electron chi connectivity index (χ0n) is 8.93. The first kappa shape index (κ1) is 11.1. The summed E-state index contributed by atoms with van der Waals surface area (Å²) in [5.74, 6) is 0. The molecule has 0 spiro atoms. The van der Waals surface area contributed by atoms with E-state index in [0.717, 1.165) is 16.6 Å². The summed E-state index contributed by atoms with van der Waals surface area (Å²) in [7, 11) is 0. The molecule has 0 aliphatic rings. The predicted molar refractivity (Wildman–Crippen MR) is 65.8 cm³/mol. The van der Waals surface area contributed by atoms with Gasteiger partial charge in [0.1, 0.15) is 6.33 Å². The molecule has 0 unspecified atom stereocenters. The molecule has 0 bridgehead atoms. The standard InChI is InChI=1S/C11H12BrN3O/c1-2-7-15-11(16)14(8-13-15)10-5-3-9(12)4-6-10/h3-6,8H,2,7H2,1H3. The maximum absolute atomic E-state index is 11.9. The van der Waals surface area contributed by atoms with Crippen molar-refractivity contribution in [2.75, 3.05) is 0 Å². The molecule has 5 heteroatoms. The molecule has 4 nitrogen and oxygen atoms in total. The molecule has 0 N–H and O–H groups in total. The average molecular weight is 282 g/mol. The van der Waals surface area contributed by atoms with E-state index in [9.17, 15) is 4.79 Å². The van der Waals surface area contributed by atoms with Crippen molar-refractivity contribution in [1.29, 1.82) is 0 Å². The average Bonchev–Trinajstić information content (AvgIpc) is 2.63. The topological polar surface area (TPSA) is 39.8 Å². The maximum atomic E-state index is 11.9. The van der Waals surface area contributed by atoms with Gasteiger partial charge < -0.3 is 0 Å². The molecule has 84 valence electrons. The molecule has 16 heavy (non-hydrogen) atoms. The highest BCUT2D eigenvalue weighted by atomic mass is 79.9. The molecular weight excluding hydrogens is 270 g/mol. The molecular formula is C11H12BrN3O. The van der Waals surface area contributed by atoms with Gasteiger partial charge in [-0.1, -0.05) is 22.9 Å². The molecule has 0 atom stereocenters. The summed E-state index contributed by atoms with van der Waals surface area (Å²) in [6, 6.07) is 7.56. The number of hydrogen-bond acceptors (Lipinski definition) is 2. The van der Waals surface area contributed by atoms with Crippen molar-refractivity contribution in [2.45, 2.75) is 19.9 Å². The van der Waals surface area contributed by atoms with Gasteiger partial charge in [0.15, 0.2) is 0 Å². The van der Waals surface area contributed by atoms with Gasteiger partial charge in [-0.15, -0.1) is 0 Å². The third-order valence-electron chi connectivity index (χ3n) is 2.27. The van der Waals surface area contributed by atoms with Crippen LogP contribution in [0.15, 0.2) is 39.9 Å². The Morgan fingerprint density at radius 1 is 1.31 bits per heavy atom. The Morgan fingerprint density at radius 2 is 2.00 bits per heavy atom. The summed E-state index contributed by atoms with van der Waals surface area (Å²) >= 11 is 3.36. The van der Waals surface area contributed by atoms with E-state index in [1.54, 1.807) is 10.9 Å². The number of hydrogen-bond donors (Lipinski definition) is 0. The molecule has 2 aromatic rings. The van der Waals surface area contributed by atoms with Gasteiger partial charge in [0.25, 0.3) is 0 Å². The zero-order valence-corrected chi connectivity index (χ0v) is 10.5. The van der Waals surface area contributed by atoms with Crippen molar-refractivity contribution >= 4 is 15.9 Å². The van der Waals surface area contributed by atoms with Crippen LogP contribution in [0.3, 0.4) is 0 Å². The first-order valence-corrected chi connectivity index (χ1v) is 5.92. The Labute approximate surface area is 102 Å². The molecule has 0 saturated heterocycles. The number of aromatic nitrogens is 3. The second-order valence-electron chi connectivity index (χ2n) is 3.48. The van der Waals surface area contributed by atoms with Crippen LogP contribution < -0.4 is 5.69 Å². The van der Waals surface area contributed by atoms with Crippen LogP contribution >= 0.6 is 15.9 Å². The van der Waals surface area contributed by atoms with Gasteiger partial charge in [-0.2, -0.15) is 5.10 Å². The van der Waals surface area contributed by atoms with E-state index in [0.29, 0.717) is 6.54 Å². The minimum Gasteiger partial charge on any atom is -0.250 e. The number of halogens is 1. The highest BCUT2D eigenvalue weighted by molar-refractivity contribution is 9.10. The third kappa shape index (κ3) is 2.09. The first-order chi connectivity index (χ1) is 7.72. The third-order valence-corrected chi connectivity index (χ3v) is 2.80. The van der Waals surface area contributed by atoms with Crippen LogP contribution in [0.1, 0.15) is 13.3 Å². The van der Waals surface area contributed by atoms with Gasteiger partial charge in [0.2, 0.25) is 0 Å². The molecule has 1 aromatic carbocycles. The van der Waals surface area contributed by atoms with Gasteiger partial charge >= 0.3 is 5.69 Å². The normalized spacial score (nSPS) is 10.6. The lowest BCUT2D eigenvalue weighted by atomic mass is 10.3. The van der Waals surface area contributed by atoms with Crippen molar-refractivity contribution in [2.24, 2.45) is 0 Å². The monoisotopic (exact) mass is 281 g/mol. The van der Waals surface area contributed by atoms with Crippen molar-refractivity contribution in [3.8, 4) is 5.69 Å².